The SMILES string of the molecule is C=C(C(=O)OC)C(OC(C)=O)c1cc2ccc3ccccc3c2nc1Cl. The van der Waals surface area contributed by atoms with E-state index in [1.807, 2.05) is 36.4 Å². The largest absolute Gasteiger partial charge is 0.466 e. The Balaban J connectivity index is 2.20. The first-order chi connectivity index (χ1) is 12.4. The van der Waals surface area contributed by atoms with Crippen LogP contribution in [0.1, 0.15) is 18.6 Å². The van der Waals surface area contributed by atoms with Gasteiger partial charge in [0.15, 0.2) is 6.10 Å². The first kappa shape index (κ1) is 17.9. The van der Waals surface area contributed by atoms with Gasteiger partial charge in [-0.05, 0) is 11.5 Å². The minimum atomic E-state index is -1.07. The van der Waals surface area contributed by atoms with Crippen LogP contribution in [0.25, 0.3) is 21.7 Å². The highest BCUT2D eigenvalue weighted by Crippen LogP contribution is 2.34. The molecule has 0 aliphatic rings. The standard InChI is InChI=1S/C20H16ClNO4/c1-11(20(24)25-3)18(26-12(2)23)16-10-14-9-8-13-6-4-5-7-15(13)17(14)22-19(16)21/h4-10,18H,1H2,2-3H3. The van der Waals surface area contributed by atoms with E-state index in [9.17, 15) is 9.59 Å². The number of aromatic nitrogens is 1. The van der Waals surface area contributed by atoms with Crippen LogP contribution in [0.15, 0.2) is 54.6 Å². The molecule has 1 unspecified atom stereocenters. The van der Waals surface area contributed by atoms with Gasteiger partial charge >= 0.3 is 11.9 Å². The zero-order valence-electron chi connectivity index (χ0n) is 14.3. The molecule has 0 radical (unpaired) electrons. The summed E-state index contributed by atoms with van der Waals surface area (Å²) in [7, 11) is 1.23. The molecule has 0 amide bonds. The number of ether oxygens (including phenoxy) is 2. The number of nitrogens with zero attached hydrogens (tertiary/aromatic N) is 1. The van der Waals surface area contributed by atoms with Crippen LogP contribution in [0.5, 0.6) is 0 Å². The number of rotatable bonds is 4. The number of hydrogen-bond acceptors (Lipinski definition) is 5. The van der Waals surface area contributed by atoms with Gasteiger partial charge in [0.25, 0.3) is 0 Å². The Morgan fingerprint density at radius 1 is 1.15 bits per heavy atom. The molecule has 6 heteroatoms. The topological polar surface area (TPSA) is 65.5 Å². The molecule has 5 nitrogen and oxygen atoms in total. The molecule has 0 fully saturated rings. The van der Waals surface area contributed by atoms with Crippen molar-refractivity contribution in [3.63, 3.8) is 0 Å². The molecule has 3 aromatic rings. The zero-order chi connectivity index (χ0) is 18.8. The number of carbonyl (C=O) groups is 2. The van der Waals surface area contributed by atoms with Crippen LogP contribution in [-0.2, 0) is 19.1 Å². The number of benzene rings is 2. The van der Waals surface area contributed by atoms with Crippen molar-refractivity contribution in [2.24, 2.45) is 0 Å². The molecular weight excluding hydrogens is 354 g/mol. The molecule has 26 heavy (non-hydrogen) atoms. The number of halogens is 1. The summed E-state index contributed by atoms with van der Waals surface area (Å²) in [4.78, 5) is 27.9. The summed E-state index contributed by atoms with van der Waals surface area (Å²) in [5.41, 5.74) is 1.06. The van der Waals surface area contributed by atoms with Gasteiger partial charge in [-0.1, -0.05) is 54.6 Å². The molecule has 0 N–H and O–H groups in total. The average Bonchev–Trinajstić information content (AvgIpc) is 2.64. The molecule has 0 saturated carbocycles. The first-order valence-electron chi connectivity index (χ1n) is 7.84. The first-order valence-corrected chi connectivity index (χ1v) is 8.22. The summed E-state index contributed by atoms with van der Waals surface area (Å²) in [6.07, 6.45) is -1.07. The second-order valence-electron chi connectivity index (χ2n) is 5.73. The van der Waals surface area contributed by atoms with Crippen molar-refractivity contribution in [2.45, 2.75) is 13.0 Å². The number of esters is 2. The average molecular weight is 370 g/mol. The van der Waals surface area contributed by atoms with E-state index in [0.29, 0.717) is 5.56 Å². The molecule has 0 saturated heterocycles. The summed E-state index contributed by atoms with van der Waals surface area (Å²) >= 11 is 6.38. The Kier molecular flexibility index (Phi) is 4.91. The van der Waals surface area contributed by atoms with E-state index in [0.717, 1.165) is 21.7 Å². The highest BCUT2D eigenvalue weighted by atomic mass is 35.5. The second kappa shape index (κ2) is 7.14. The Bertz CT molecular complexity index is 1040. The van der Waals surface area contributed by atoms with Gasteiger partial charge in [-0.3, -0.25) is 4.79 Å². The monoisotopic (exact) mass is 369 g/mol. The lowest BCUT2D eigenvalue weighted by Crippen LogP contribution is -2.18. The molecule has 1 aromatic heterocycles. The van der Waals surface area contributed by atoms with Gasteiger partial charge in [0.05, 0.1) is 18.2 Å². The van der Waals surface area contributed by atoms with Crippen LogP contribution in [0, 0.1) is 0 Å². The lowest BCUT2D eigenvalue weighted by molar-refractivity contribution is -0.147. The molecular formula is C20H16ClNO4. The number of methoxy groups -OCH3 is 1. The van der Waals surface area contributed by atoms with E-state index in [1.54, 1.807) is 6.07 Å². The van der Waals surface area contributed by atoms with Crippen molar-refractivity contribution in [3.05, 3.63) is 65.3 Å². The fourth-order valence-electron chi connectivity index (χ4n) is 2.81. The van der Waals surface area contributed by atoms with Gasteiger partial charge in [-0.15, -0.1) is 0 Å². The summed E-state index contributed by atoms with van der Waals surface area (Å²) in [6.45, 7) is 4.93. The molecule has 0 spiro atoms. The quantitative estimate of drug-likeness (QED) is 0.295. The van der Waals surface area contributed by atoms with Crippen LogP contribution >= 0.6 is 11.6 Å². The van der Waals surface area contributed by atoms with Gasteiger partial charge in [0.1, 0.15) is 5.15 Å². The predicted molar refractivity (Wildman–Crippen MR) is 99.9 cm³/mol. The number of pyridine rings is 1. The summed E-state index contributed by atoms with van der Waals surface area (Å²) in [6, 6.07) is 13.4. The van der Waals surface area contributed by atoms with Gasteiger partial charge in [-0.2, -0.15) is 0 Å². The maximum atomic E-state index is 11.9. The normalized spacial score (nSPS) is 12.0. The number of fused-ring (bicyclic) bond motifs is 3. The van der Waals surface area contributed by atoms with Crippen molar-refractivity contribution in [3.8, 4) is 0 Å². The minimum absolute atomic E-state index is 0.0356. The number of hydrogen-bond donors (Lipinski definition) is 0. The smallest absolute Gasteiger partial charge is 0.337 e. The highest BCUT2D eigenvalue weighted by molar-refractivity contribution is 6.31. The molecule has 0 bridgehead atoms. The maximum Gasteiger partial charge on any atom is 0.337 e. The van der Waals surface area contributed by atoms with Crippen molar-refractivity contribution in [2.75, 3.05) is 7.11 Å². The van der Waals surface area contributed by atoms with E-state index in [1.165, 1.54) is 14.0 Å². The predicted octanol–water partition coefficient (Wildman–Crippen LogP) is 4.37. The van der Waals surface area contributed by atoms with Crippen LogP contribution < -0.4 is 0 Å². The van der Waals surface area contributed by atoms with Crippen LogP contribution in [0.2, 0.25) is 5.15 Å². The van der Waals surface area contributed by atoms with E-state index >= 15 is 0 Å². The minimum Gasteiger partial charge on any atom is -0.466 e. The molecule has 0 aliphatic heterocycles. The van der Waals surface area contributed by atoms with Crippen LogP contribution in [0.3, 0.4) is 0 Å². The van der Waals surface area contributed by atoms with Crippen molar-refractivity contribution in [1.29, 1.82) is 0 Å². The Hall–Kier alpha value is -2.92. The lowest BCUT2D eigenvalue weighted by atomic mass is 10.0. The van der Waals surface area contributed by atoms with Gasteiger partial charge in [0.2, 0.25) is 0 Å². The second-order valence-corrected chi connectivity index (χ2v) is 6.09. The van der Waals surface area contributed by atoms with E-state index in [4.69, 9.17) is 16.3 Å². The molecule has 1 atom stereocenters. The maximum absolute atomic E-state index is 11.9. The van der Waals surface area contributed by atoms with Gasteiger partial charge < -0.3 is 9.47 Å². The third-order valence-corrected chi connectivity index (χ3v) is 4.32. The molecule has 0 aliphatic carbocycles. The molecule has 1 heterocycles. The van der Waals surface area contributed by atoms with Crippen LogP contribution in [0.4, 0.5) is 0 Å². The van der Waals surface area contributed by atoms with Crippen molar-refractivity contribution in [1.82, 2.24) is 4.98 Å². The third kappa shape index (κ3) is 3.26. The zero-order valence-corrected chi connectivity index (χ0v) is 15.0. The summed E-state index contributed by atoms with van der Waals surface area (Å²) in [5, 5.41) is 2.92. The Morgan fingerprint density at radius 2 is 1.85 bits per heavy atom. The highest BCUT2D eigenvalue weighted by Gasteiger charge is 2.27. The third-order valence-electron chi connectivity index (χ3n) is 4.02. The summed E-state index contributed by atoms with van der Waals surface area (Å²) in [5.74, 6) is -1.26. The molecule has 132 valence electrons. The molecule has 2 aromatic carbocycles. The van der Waals surface area contributed by atoms with Crippen molar-refractivity contribution < 1.29 is 19.1 Å². The Labute approximate surface area is 155 Å². The molecule has 3 rings (SSSR count). The van der Waals surface area contributed by atoms with E-state index in [-0.39, 0.29) is 10.7 Å². The summed E-state index contributed by atoms with van der Waals surface area (Å²) < 4.78 is 9.96. The van der Waals surface area contributed by atoms with E-state index in [2.05, 4.69) is 16.3 Å². The van der Waals surface area contributed by atoms with Crippen molar-refractivity contribution >= 4 is 45.2 Å². The van der Waals surface area contributed by atoms with Gasteiger partial charge in [-0.25, -0.2) is 9.78 Å². The fourth-order valence-corrected chi connectivity index (χ4v) is 3.05. The van der Waals surface area contributed by atoms with Gasteiger partial charge in [0, 0.05) is 23.3 Å². The van der Waals surface area contributed by atoms with E-state index < -0.39 is 18.0 Å². The van der Waals surface area contributed by atoms with Crippen LogP contribution in [-0.4, -0.2) is 24.0 Å². The fraction of sp³-hybridized carbons (Fsp3) is 0.150. The Morgan fingerprint density at radius 3 is 2.54 bits per heavy atom. The number of carbonyl (C=O) groups excluding carboxylic acids is 2. The lowest BCUT2D eigenvalue weighted by Gasteiger charge is -2.20.